The van der Waals surface area contributed by atoms with E-state index < -0.39 is 22.2 Å². The van der Waals surface area contributed by atoms with E-state index >= 15 is 0 Å². The van der Waals surface area contributed by atoms with E-state index in [0.29, 0.717) is 19.4 Å². The number of nitrogens with one attached hydrogen (secondary N) is 1. The first-order valence-electron chi connectivity index (χ1n) is 6.95. The Labute approximate surface area is 124 Å². The molecule has 116 valence electrons. The van der Waals surface area contributed by atoms with Crippen LogP contribution in [-0.4, -0.2) is 49.0 Å². The van der Waals surface area contributed by atoms with Gasteiger partial charge in [0.2, 0.25) is 15.9 Å². The number of aliphatic hydroxyl groups is 1. The minimum Gasteiger partial charge on any atom is -0.392 e. The van der Waals surface area contributed by atoms with Gasteiger partial charge in [0.15, 0.2) is 0 Å². The van der Waals surface area contributed by atoms with Crippen molar-refractivity contribution in [2.75, 3.05) is 13.1 Å². The molecule has 2 rings (SSSR count). The van der Waals surface area contributed by atoms with Crippen LogP contribution in [0.1, 0.15) is 19.8 Å². The Morgan fingerprint density at radius 2 is 2.10 bits per heavy atom. The molecule has 1 fully saturated rings. The summed E-state index contributed by atoms with van der Waals surface area (Å²) in [7, 11) is -3.66. The van der Waals surface area contributed by atoms with Gasteiger partial charge in [-0.1, -0.05) is 18.2 Å². The van der Waals surface area contributed by atoms with Crippen molar-refractivity contribution in [3.8, 4) is 0 Å². The highest BCUT2D eigenvalue weighted by Gasteiger charge is 2.39. The van der Waals surface area contributed by atoms with Crippen LogP contribution in [0.5, 0.6) is 0 Å². The Bertz CT molecular complexity index is 586. The van der Waals surface area contributed by atoms with Crippen molar-refractivity contribution in [1.82, 2.24) is 9.62 Å². The summed E-state index contributed by atoms with van der Waals surface area (Å²) in [5, 5.41) is 11.8. The molecular weight excluding hydrogens is 292 g/mol. The summed E-state index contributed by atoms with van der Waals surface area (Å²) in [6.07, 6.45) is 0.492. The van der Waals surface area contributed by atoms with Gasteiger partial charge in [-0.15, -0.1) is 0 Å². The Morgan fingerprint density at radius 3 is 2.71 bits per heavy atom. The molecule has 1 saturated heterocycles. The molecule has 0 saturated carbocycles. The first-order valence-corrected chi connectivity index (χ1v) is 8.39. The van der Waals surface area contributed by atoms with Gasteiger partial charge in [-0.05, 0) is 31.9 Å². The number of hydrogen-bond donors (Lipinski definition) is 2. The van der Waals surface area contributed by atoms with E-state index in [2.05, 4.69) is 5.32 Å². The summed E-state index contributed by atoms with van der Waals surface area (Å²) in [4.78, 5) is 12.3. The number of aliphatic hydroxyl groups excluding tert-OH is 1. The molecule has 21 heavy (non-hydrogen) atoms. The molecule has 1 aliphatic heterocycles. The summed E-state index contributed by atoms with van der Waals surface area (Å²) in [5.74, 6) is -0.354. The zero-order valence-corrected chi connectivity index (χ0v) is 12.7. The first kappa shape index (κ1) is 15.9. The van der Waals surface area contributed by atoms with E-state index in [-0.39, 0.29) is 17.3 Å². The second kappa shape index (κ2) is 6.55. The Kier molecular flexibility index (Phi) is 4.97. The van der Waals surface area contributed by atoms with Gasteiger partial charge in [0.05, 0.1) is 11.0 Å². The third-order valence-electron chi connectivity index (χ3n) is 3.43. The summed E-state index contributed by atoms with van der Waals surface area (Å²) in [6.45, 7) is 2.02. The van der Waals surface area contributed by atoms with Crippen LogP contribution in [0.4, 0.5) is 0 Å². The molecule has 1 aliphatic rings. The number of benzene rings is 1. The molecule has 0 bridgehead atoms. The summed E-state index contributed by atoms with van der Waals surface area (Å²) in [6, 6.07) is 7.41. The van der Waals surface area contributed by atoms with Crippen LogP contribution < -0.4 is 5.32 Å². The van der Waals surface area contributed by atoms with Gasteiger partial charge in [-0.25, -0.2) is 8.42 Å². The molecule has 2 atom stereocenters. The molecule has 1 aromatic carbocycles. The second-order valence-electron chi connectivity index (χ2n) is 5.18. The fraction of sp³-hybridized carbons (Fsp3) is 0.500. The fourth-order valence-corrected chi connectivity index (χ4v) is 4.06. The smallest absolute Gasteiger partial charge is 0.243 e. The number of amides is 1. The van der Waals surface area contributed by atoms with E-state index in [1.54, 1.807) is 25.1 Å². The maximum absolute atomic E-state index is 12.6. The van der Waals surface area contributed by atoms with Crippen LogP contribution in [-0.2, 0) is 14.8 Å². The Morgan fingerprint density at radius 1 is 1.43 bits per heavy atom. The third kappa shape index (κ3) is 3.61. The van der Waals surface area contributed by atoms with Gasteiger partial charge in [-0.2, -0.15) is 4.31 Å². The van der Waals surface area contributed by atoms with Crippen molar-refractivity contribution < 1.29 is 18.3 Å². The molecule has 2 N–H and O–H groups in total. The van der Waals surface area contributed by atoms with E-state index in [1.165, 1.54) is 16.4 Å². The molecule has 1 aromatic rings. The SMILES string of the molecule is CC(O)CNC(=O)C1CCCN1S(=O)(=O)c1ccccc1. The number of rotatable bonds is 5. The molecular formula is C14H20N2O4S. The van der Waals surface area contributed by atoms with Gasteiger partial charge in [-0.3, -0.25) is 4.79 Å². The van der Waals surface area contributed by atoms with E-state index in [9.17, 15) is 18.3 Å². The molecule has 0 spiro atoms. The van der Waals surface area contributed by atoms with Crippen LogP contribution in [0.15, 0.2) is 35.2 Å². The van der Waals surface area contributed by atoms with Gasteiger partial charge in [0, 0.05) is 13.1 Å². The van der Waals surface area contributed by atoms with Gasteiger partial charge < -0.3 is 10.4 Å². The Balaban J connectivity index is 2.17. The number of carbonyl (C=O) groups excluding carboxylic acids is 1. The number of carbonyl (C=O) groups is 1. The average Bonchev–Trinajstić information content (AvgIpc) is 2.96. The lowest BCUT2D eigenvalue weighted by Crippen LogP contribution is -2.47. The van der Waals surface area contributed by atoms with E-state index in [1.807, 2.05) is 0 Å². The zero-order chi connectivity index (χ0) is 15.5. The average molecular weight is 312 g/mol. The van der Waals surface area contributed by atoms with E-state index in [4.69, 9.17) is 0 Å². The topological polar surface area (TPSA) is 86.7 Å². The number of sulfonamides is 1. The van der Waals surface area contributed by atoms with Crippen LogP contribution in [0.2, 0.25) is 0 Å². The lowest BCUT2D eigenvalue weighted by molar-refractivity contribution is -0.124. The van der Waals surface area contributed by atoms with Crippen LogP contribution in [0, 0.1) is 0 Å². The molecule has 2 unspecified atom stereocenters. The molecule has 0 aliphatic carbocycles. The van der Waals surface area contributed by atoms with Crippen LogP contribution in [0.25, 0.3) is 0 Å². The lowest BCUT2D eigenvalue weighted by Gasteiger charge is -2.23. The monoisotopic (exact) mass is 312 g/mol. The number of hydrogen-bond acceptors (Lipinski definition) is 4. The second-order valence-corrected chi connectivity index (χ2v) is 7.07. The van der Waals surface area contributed by atoms with Crippen molar-refractivity contribution >= 4 is 15.9 Å². The van der Waals surface area contributed by atoms with E-state index in [0.717, 1.165) is 0 Å². The highest BCUT2D eigenvalue weighted by molar-refractivity contribution is 7.89. The standard InChI is InChI=1S/C14H20N2O4S/c1-11(17)10-15-14(18)13-8-5-9-16(13)21(19,20)12-6-3-2-4-7-12/h2-4,6-7,11,13,17H,5,8-10H2,1H3,(H,15,18). The van der Waals surface area contributed by atoms with Crippen LogP contribution in [0.3, 0.4) is 0 Å². The fourth-order valence-electron chi connectivity index (χ4n) is 2.38. The normalized spacial score (nSPS) is 21.1. The highest BCUT2D eigenvalue weighted by Crippen LogP contribution is 2.26. The first-order chi connectivity index (χ1) is 9.93. The van der Waals surface area contributed by atoms with Crippen molar-refractivity contribution in [2.45, 2.75) is 36.8 Å². The predicted molar refractivity (Wildman–Crippen MR) is 78.0 cm³/mol. The van der Waals surface area contributed by atoms with Crippen molar-refractivity contribution in [1.29, 1.82) is 0 Å². The largest absolute Gasteiger partial charge is 0.392 e. The molecule has 6 nitrogen and oxygen atoms in total. The molecule has 0 radical (unpaired) electrons. The lowest BCUT2D eigenvalue weighted by atomic mass is 10.2. The Hall–Kier alpha value is -1.44. The summed E-state index contributed by atoms with van der Waals surface area (Å²) >= 11 is 0. The maximum Gasteiger partial charge on any atom is 0.243 e. The zero-order valence-electron chi connectivity index (χ0n) is 11.9. The van der Waals surface area contributed by atoms with Crippen molar-refractivity contribution in [3.63, 3.8) is 0 Å². The maximum atomic E-state index is 12.6. The highest BCUT2D eigenvalue weighted by atomic mass is 32.2. The molecule has 1 amide bonds. The molecule has 0 aromatic heterocycles. The predicted octanol–water partition coefficient (Wildman–Crippen LogP) is 0.337. The molecule has 1 heterocycles. The van der Waals surface area contributed by atoms with Gasteiger partial charge >= 0.3 is 0 Å². The van der Waals surface area contributed by atoms with Gasteiger partial charge in [0.1, 0.15) is 6.04 Å². The number of nitrogens with zero attached hydrogens (tertiary/aromatic N) is 1. The quantitative estimate of drug-likeness (QED) is 0.821. The summed E-state index contributed by atoms with van der Waals surface area (Å²) in [5.41, 5.74) is 0. The van der Waals surface area contributed by atoms with Gasteiger partial charge in [0.25, 0.3) is 0 Å². The summed E-state index contributed by atoms with van der Waals surface area (Å²) < 4.78 is 26.4. The molecule has 7 heteroatoms. The van der Waals surface area contributed by atoms with Crippen molar-refractivity contribution in [2.24, 2.45) is 0 Å². The minimum atomic E-state index is -3.66. The minimum absolute atomic E-state index is 0.120. The third-order valence-corrected chi connectivity index (χ3v) is 5.35. The van der Waals surface area contributed by atoms with Crippen molar-refractivity contribution in [3.05, 3.63) is 30.3 Å². The van der Waals surface area contributed by atoms with Crippen LogP contribution >= 0.6 is 0 Å².